The van der Waals surface area contributed by atoms with Crippen molar-refractivity contribution in [3.05, 3.63) is 11.6 Å². The minimum atomic E-state index is 0.325. The normalized spacial score (nSPS) is 19.2. The van der Waals surface area contributed by atoms with Crippen molar-refractivity contribution in [2.24, 2.45) is 0 Å². The van der Waals surface area contributed by atoms with E-state index in [0.717, 1.165) is 19.4 Å². The molecule has 0 aromatic heterocycles. The van der Waals surface area contributed by atoms with E-state index >= 15 is 0 Å². The molecule has 1 N–H and O–H groups in total. The summed E-state index contributed by atoms with van der Waals surface area (Å²) in [4.78, 5) is 2.47. The Labute approximate surface area is 81.2 Å². The lowest BCUT2D eigenvalue weighted by atomic mass is 10.0. The number of hydrogen-bond donors (Lipinski definition) is 1. The fourth-order valence-corrected chi connectivity index (χ4v) is 1.73. The Morgan fingerprint density at radius 3 is 2.77 bits per heavy atom. The molecule has 0 amide bonds. The van der Waals surface area contributed by atoms with Gasteiger partial charge in [-0.15, -0.1) is 0 Å². The summed E-state index contributed by atoms with van der Waals surface area (Å²) in [7, 11) is 0. The van der Waals surface area contributed by atoms with Crippen LogP contribution in [0.5, 0.6) is 0 Å². The van der Waals surface area contributed by atoms with Gasteiger partial charge in [-0.05, 0) is 33.1 Å². The molecule has 1 aliphatic rings. The lowest BCUT2D eigenvalue weighted by molar-refractivity contribution is 0.235. The molecule has 0 spiro atoms. The quantitative estimate of drug-likeness (QED) is 0.672. The highest BCUT2D eigenvalue weighted by atomic mass is 16.2. The molecule has 1 aliphatic heterocycles. The van der Waals surface area contributed by atoms with Gasteiger partial charge in [-0.1, -0.05) is 11.6 Å². The average Bonchev–Trinajstić information content (AvgIpc) is 2.15. The van der Waals surface area contributed by atoms with Crippen molar-refractivity contribution in [1.29, 1.82) is 0 Å². The Morgan fingerprint density at radius 2 is 2.31 bits per heavy atom. The molecule has 0 saturated heterocycles. The highest BCUT2D eigenvalue weighted by Crippen LogP contribution is 2.16. The van der Waals surface area contributed by atoms with Crippen molar-refractivity contribution in [2.45, 2.75) is 39.2 Å². The summed E-state index contributed by atoms with van der Waals surface area (Å²) in [6.45, 7) is 7.09. The summed E-state index contributed by atoms with van der Waals surface area (Å²) in [6.07, 6.45) is 5.54. The van der Waals surface area contributed by atoms with Crippen LogP contribution in [0.3, 0.4) is 0 Å². The zero-order valence-electron chi connectivity index (χ0n) is 8.79. The Hall–Kier alpha value is -0.340. The van der Waals surface area contributed by atoms with Crippen LogP contribution in [0.1, 0.15) is 33.1 Å². The second-order valence-electron chi connectivity index (χ2n) is 4.03. The van der Waals surface area contributed by atoms with Crippen molar-refractivity contribution >= 4 is 0 Å². The van der Waals surface area contributed by atoms with E-state index in [9.17, 15) is 0 Å². The Morgan fingerprint density at radius 1 is 1.54 bits per heavy atom. The summed E-state index contributed by atoms with van der Waals surface area (Å²) in [5.74, 6) is 0. The molecule has 0 atom stereocenters. The van der Waals surface area contributed by atoms with Gasteiger partial charge >= 0.3 is 0 Å². The van der Waals surface area contributed by atoms with Gasteiger partial charge in [-0.2, -0.15) is 0 Å². The maximum absolute atomic E-state index is 8.70. The van der Waals surface area contributed by atoms with E-state index in [2.05, 4.69) is 24.8 Å². The average molecular weight is 183 g/mol. The molecule has 0 aromatic carbocycles. The molecule has 0 aliphatic carbocycles. The van der Waals surface area contributed by atoms with Crippen LogP contribution in [-0.4, -0.2) is 35.7 Å². The third kappa shape index (κ3) is 3.49. The zero-order valence-corrected chi connectivity index (χ0v) is 8.79. The first-order valence-corrected chi connectivity index (χ1v) is 5.27. The predicted octanol–water partition coefficient (Wildman–Crippen LogP) is 1.80. The summed E-state index contributed by atoms with van der Waals surface area (Å²) in [6, 6.07) is 0.663. The zero-order chi connectivity index (χ0) is 9.68. The molecule has 0 radical (unpaired) electrons. The van der Waals surface area contributed by atoms with Crippen LogP contribution in [0.2, 0.25) is 0 Å². The lowest BCUT2D eigenvalue weighted by Crippen LogP contribution is -2.34. The van der Waals surface area contributed by atoms with Gasteiger partial charge in [-0.3, -0.25) is 4.90 Å². The van der Waals surface area contributed by atoms with E-state index in [0.29, 0.717) is 12.6 Å². The molecule has 0 fully saturated rings. The van der Waals surface area contributed by atoms with Crippen LogP contribution >= 0.6 is 0 Å². The Bertz CT molecular complexity index is 175. The van der Waals surface area contributed by atoms with Gasteiger partial charge in [0.1, 0.15) is 0 Å². The molecule has 1 rings (SSSR count). The van der Waals surface area contributed by atoms with Crippen LogP contribution in [0.25, 0.3) is 0 Å². The summed E-state index contributed by atoms with van der Waals surface area (Å²) >= 11 is 0. The second-order valence-corrected chi connectivity index (χ2v) is 4.03. The first-order valence-electron chi connectivity index (χ1n) is 5.27. The smallest absolute Gasteiger partial charge is 0.0434 e. The molecule has 76 valence electrons. The van der Waals surface area contributed by atoms with E-state index in [1.165, 1.54) is 18.5 Å². The number of nitrogens with zero attached hydrogens (tertiary/aromatic N) is 1. The lowest BCUT2D eigenvalue weighted by Gasteiger charge is -2.29. The number of rotatable bonds is 4. The Balaban J connectivity index is 2.30. The van der Waals surface area contributed by atoms with E-state index in [-0.39, 0.29) is 0 Å². The SMILES string of the molecule is CC(C)N1CC=C(CCCO)CC1. The third-order valence-electron chi connectivity index (χ3n) is 2.72. The van der Waals surface area contributed by atoms with Crippen LogP contribution in [0.15, 0.2) is 11.6 Å². The van der Waals surface area contributed by atoms with E-state index < -0.39 is 0 Å². The molecule has 1 heterocycles. The molecular weight excluding hydrogens is 162 g/mol. The summed E-state index contributed by atoms with van der Waals surface area (Å²) in [5, 5.41) is 8.70. The molecular formula is C11H21NO. The van der Waals surface area contributed by atoms with E-state index in [4.69, 9.17) is 5.11 Å². The van der Waals surface area contributed by atoms with Gasteiger partial charge in [0.05, 0.1) is 0 Å². The van der Waals surface area contributed by atoms with Crippen molar-refractivity contribution in [2.75, 3.05) is 19.7 Å². The first kappa shape index (κ1) is 10.7. The van der Waals surface area contributed by atoms with Gasteiger partial charge in [0.25, 0.3) is 0 Å². The van der Waals surface area contributed by atoms with Crippen LogP contribution in [-0.2, 0) is 0 Å². The summed E-state index contributed by atoms with van der Waals surface area (Å²) in [5.41, 5.74) is 1.53. The van der Waals surface area contributed by atoms with Gasteiger partial charge < -0.3 is 5.11 Å². The second kappa shape index (κ2) is 5.40. The van der Waals surface area contributed by atoms with E-state index in [1.807, 2.05) is 0 Å². The molecule has 2 nitrogen and oxygen atoms in total. The van der Waals surface area contributed by atoms with Gasteiger partial charge in [0, 0.05) is 25.7 Å². The van der Waals surface area contributed by atoms with Crippen molar-refractivity contribution in [1.82, 2.24) is 4.90 Å². The van der Waals surface area contributed by atoms with Gasteiger partial charge in [-0.25, -0.2) is 0 Å². The molecule has 0 saturated carbocycles. The largest absolute Gasteiger partial charge is 0.396 e. The third-order valence-corrected chi connectivity index (χ3v) is 2.72. The topological polar surface area (TPSA) is 23.5 Å². The molecule has 0 unspecified atom stereocenters. The maximum atomic E-state index is 8.70. The first-order chi connectivity index (χ1) is 6.24. The fraction of sp³-hybridized carbons (Fsp3) is 0.818. The van der Waals surface area contributed by atoms with E-state index in [1.54, 1.807) is 0 Å². The fourth-order valence-electron chi connectivity index (χ4n) is 1.73. The van der Waals surface area contributed by atoms with Crippen molar-refractivity contribution < 1.29 is 5.11 Å². The van der Waals surface area contributed by atoms with Crippen LogP contribution < -0.4 is 0 Å². The van der Waals surface area contributed by atoms with Gasteiger partial charge in [0.15, 0.2) is 0 Å². The monoisotopic (exact) mass is 183 g/mol. The molecule has 0 aromatic rings. The standard InChI is InChI=1S/C11H21NO/c1-10(2)12-7-5-11(6-8-12)4-3-9-13/h5,10,13H,3-4,6-9H2,1-2H3. The maximum Gasteiger partial charge on any atom is 0.0434 e. The minimum Gasteiger partial charge on any atom is -0.396 e. The van der Waals surface area contributed by atoms with Crippen LogP contribution in [0.4, 0.5) is 0 Å². The predicted molar refractivity (Wildman–Crippen MR) is 55.7 cm³/mol. The highest BCUT2D eigenvalue weighted by molar-refractivity contribution is 5.07. The number of hydrogen-bond acceptors (Lipinski definition) is 2. The van der Waals surface area contributed by atoms with Crippen molar-refractivity contribution in [3.63, 3.8) is 0 Å². The van der Waals surface area contributed by atoms with Gasteiger partial charge in [0.2, 0.25) is 0 Å². The van der Waals surface area contributed by atoms with Crippen LogP contribution in [0, 0.1) is 0 Å². The van der Waals surface area contributed by atoms with Crippen molar-refractivity contribution in [3.8, 4) is 0 Å². The molecule has 0 bridgehead atoms. The highest BCUT2D eigenvalue weighted by Gasteiger charge is 2.13. The Kier molecular flexibility index (Phi) is 4.46. The minimum absolute atomic E-state index is 0.325. The molecule has 2 heteroatoms. The molecule has 13 heavy (non-hydrogen) atoms. The number of aliphatic hydroxyl groups excluding tert-OH is 1. The number of aliphatic hydroxyl groups is 1. The summed E-state index contributed by atoms with van der Waals surface area (Å²) < 4.78 is 0.